The number of methoxy groups -OCH3 is 1. The number of likely N-dealkylation sites (tertiary alicyclic amines) is 1. The first-order valence-electron chi connectivity index (χ1n) is 11.3. The Hall–Kier alpha value is -3.76. The molecule has 2 aromatic rings. The molecule has 3 amide bonds. The number of halogens is 2. The first kappa shape index (κ1) is 24.4. The van der Waals surface area contributed by atoms with Crippen LogP contribution in [0.5, 0.6) is 17.2 Å². The molecule has 1 atom stereocenters. The van der Waals surface area contributed by atoms with Crippen molar-refractivity contribution in [1.82, 2.24) is 9.80 Å². The monoisotopic (exact) mass is 491 g/mol. The minimum Gasteiger partial charge on any atom is -0.497 e. The lowest BCUT2D eigenvalue weighted by atomic mass is 10.0. The molecular weight excluding hydrogens is 464 g/mol. The molecule has 0 bridgehead atoms. The molecule has 0 saturated carbocycles. The first-order valence-corrected chi connectivity index (χ1v) is 11.3. The predicted octanol–water partition coefficient (Wildman–Crippen LogP) is 4.19. The lowest BCUT2D eigenvalue weighted by Crippen LogP contribution is -2.48. The molecule has 0 aliphatic carbocycles. The zero-order valence-electron chi connectivity index (χ0n) is 19.2. The summed E-state index contributed by atoms with van der Waals surface area (Å²) in [6.07, 6.45) is 0.361. The van der Waals surface area contributed by atoms with E-state index in [-0.39, 0.29) is 24.1 Å². The van der Waals surface area contributed by atoms with Gasteiger partial charge in [0.2, 0.25) is 0 Å². The molecule has 2 heterocycles. The van der Waals surface area contributed by atoms with E-state index < -0.39 is 24.8 Å². The van der Waals surface area contributed by atoms with Gasteiger partial charge in [0.25, 0.3) is 0 Å². The molecule has 0 aromatic heterocycles. The summed E-state index contributed by atoms with van der Waals surface area (Å²) < 4.78 is 46.0. The van der Waals surface area contributed by atoms with Crippen LogP contribution in [0.1, 0.15) is 12.8 Å². The molecule has 2 aliphatic rings. The van der Waals surface area contributed by atoms with Crippen molar-refractivity contribution in [3.05, 3.63) is 48.5 Å². The summed E-state index contributed by atoms with van der Waals surface area (Å²) in [5.41, 5.74) is 0.169. The maximum atomic E-state index is 12.7. The number of amides is 3. The van der Waals surface area contributed by atoms with Gasteiger partial charge < -0.3 is 34.1 Å². The average Bonchev–Trinajstić information content (AvgIpc) is 3.24. The summed E-state index contributed by atoms with van der Waals surface area (Å²) in [5, 5.41) is 2.62. The number of hydrogen-bond donors (Lipinski definition) is 1. The number of nitrogens with zero attached hydrogens (tertiary/aromatic N) is 2. The Morgan fingerprint density at radius 2 is 1.80 bits per heavy atom. The van der Waals surface area contributed by atoms with Gasteiger partial charge in [-0.25, -0.2) is 9.59 Å². The van der Waals surface area contributed by atoms with E-state index in [4.69, 9.17) is 14.2 Å². The summed E-state index contributed by atoms with van der Waals surface area (Å²) in [6.45, 7) is -1.54. The highest BCUT2D eigenvalue weighted by atomic mass is 19.3. The minimum atomic E-state index is -2.99. The highest BCUT2D eigenvalue weighted by Gasteiger charge is 2.38. The van der Waals surface area contributed by atoms with Crippen LogP contribution < -0.4 is 19.5 Å². The van der Waals surface area contributed by atoms with Crippen molar-refractivity contribution >= 4 is 17.8 Å². The molecule has 0 spiro atoms. The minimum absolute atomic E-state index is 0.0630. The van der Waals surface area contributed by atoms with Crippen molar-refractivity contribution in [1.29, 1.82) is 0 Å². The van der Waals surface area contributed by atoms with E-state index in [1.165, 1.54) is 12.1 Å². The van der Waals surface area contributed by atoms with Gasteiger partial charge in [-0.2, -0.15) is 8.78 Å². The van der Waals surface area contributed by atoms with Gasteiger partial charge in [0, 0.05) is 19.1 Å². The van der Waals surface area contributed by atoms with Gasteiger partial charge in [-0.05, 0) is 49.2 Å². The summed E-state index contributed by atoms with van der Waals surface area (Å²) in [6, 6.07) is 12.7. The Balaban J connectivity index is 1.24. The molecule has 1 N–H and O–H groups in total. The Morgan fingerprint density at radius 3 is 2.49 bits per heavy atom. The Bertz CT molecular complexity index is 1010. The van der Waals surface area contributed by atoms with Crippen molar-refractivity contribution in [2.45, 2.75) is 31.6 Å². The maximum absolute atomic E-state index is 12.7. The zero-order chi connectivity index (χ0) is 24.8. The number of urea groups is 1. The smallest absolute Gasteiger partial charge is 0.410 e. The molecule has 1 unspecified atom stereocenters. The van der Waals surface area contributed by atoms with Gasteiger partial charge in [0.05, 0.1) is 19.3 Å². The molecule has 188 valence electrons. The van der Waals surface area contributed by atoms with Crippen LogP contribution in [-0.2, 0) is 4.74 Å². The first-order chi connectivity index (χ1) is 16.9. The molecule has 0 radical (unpaired) electrons. The lowest BCUT2D eigenvalue weighted by molar-refractivity contribution is -0.0493. The number of para-hydroxylation sites is 2. The molecule has 2 fully saturated rings. The number of carbonyl (C=O) groups excluding carboxylic acids is 2. The number of ether oxygens (including phenoxy) is 4. The van der Waals surface area contributed by atoms with Gasteiger partial charge in [0.15, 0.2) is 6.10 Å². The normalized spacial score (nSPS) is 18.4. The second-order valence-electron chi connectivity index (χ2n) is 8.17. The van der Waals surface area contributed by atoms with Crippen LogP contribution in [0.3, 0.4) is 0 Å². The summed E-state index contributed by atoms with van der Waals surface area (Å²) in [5.74, 6) is 1.27. The standard InChI is InChI=1S/C24H27F2N3O6/c1-32-17-6-8-18(9-7-17)33-15-19-14-29(24(31)34-19)16-10-12-28(13-11-16)23(30)27-20-4-2-3-5-21(20)35-22(25)26/h2-9,16,19,22H,10-15H2,1H3,(H,27,30). The molecule has 9 nitrogen and oxygen atoms in total. The highest BCUT2D eigenvalue weighted by molar-refractivity contribution is 5.91. The molecule has 2 saturated heterocycles. The quantitative estimate of drug-likeness (QED) is 0.596. The van der Waals surface area contributed by atoms with Crippen molar-refractivity contribution < 1.29 is 37.3 Å². The summed E-state index contributed by atoms with van der Waals surface area (Å²) in [7, 11) is 1.59. The number of rotatable bonds is 8. The van der Waals surface area contributed by atoms with E-state index in [0.717, 1.165) is 5.75 Å². The molecule has 2 aliphatic heterocycles. The van der Waals surface area contributed by atoms with Crippen molar-refractivity contribution in [2.75, 3.05) is 38.7 Å². The number of nitrogens with one attached hydrogen (secondary N) is 1. The lowest BCUT2D eigenvalue weighted by Gasteiger charge is -2.35. The van der Waals surface area contributed by atoms with Crippen LogP contribution in [0.4, 0.5) is 24.1 Å². The molecule has 11 heteroatoms. The van der Waals surface area contributed by atoms with Gasteiger partial charge in [-0.15, -0.1) is 0 Å². The van der Waals surface area contributed by atoms with Crippen LogP contribution in [0, 0.1) is 0 Å². The van der Waals surface area contributed by atoms with Crippen molar-refractivity contribution in [3.8, 4) is 17.2 Å². The zero-order valence-corrected chi connectivity index (χ0v) is 19.2. The van der Waals surface area contributed by atoms with Gasteiger partial charge in [-0.3, -0.25) is 0 Å². The molecule has 4 rings (SSSR count). The number of cyclic esters (lactones) is 1. The van der Waals surface area contributed by atoms with Gasteiger partial charge in [0.1, 0.15) is 23.9 Å². The third kappa shape index (κ3) is 6.23. The van der Waals surface area contributed by atoms with E-state index in [0.29, 0.717) is 38.2 Å². The molecule has 2 aromatic carbocycles. The van der Waals surface area contributed by atoms with E-state index >= 15 is 0 Å². The van der Waals surface area contributed by atoms with Crippen molar-refractivity contribution in [3.63, 3.8) is 0 Å². The third-order valence-electron chi connectivity index (χ3n) is 5.93. The van der Waals surface area contributed by atoms with Crippen molar-refractivity contribution in [2.24, 2.45) is 0 Å². The van der Waals surface area contributed by atoms with E-state index in [2.05, 4.69) is 10.1 Å². The topological polar surface area (TPSA) is 89.6 Å². The van der Waals surface area contributed by atoms with Crippen LogP contribution in [0.15, 0.2) is 48.5 Å². The average molecular weight is 491 g/mol. The van der Waals surface area contributed by atoms with Crippen LogP contribution >= 0.6 is 0 Å². The number of alkyl halides is 2. The number of hydrogen-bond acceptors (Lipinski definition) is 6. The number of anilines is 1. The maximum Gasteiger partial charge on any atom is 0.410 e. The second kappa shape index (κ2) is 11.1. The SMILES string of the molecule is COc1ccc(OCC2CN(C3CCN(C(=O)Nc4ccccc4OC(F)F)CC3)C(=O)O2)cc1. The molecule has 35 heavy (non-hydrogen) atoms. The fraction of sp³-hybridized carbons (Fsp3) is 0.417. The Labute approximate surface area is 201 Å². The second-order valence-corrected chi connectivity index (χ2v) is 8.17. The third-order valence-corrected chi connectivity index (χ3v) is 5.93. The number of piperidine rings is 1. The van der Waals surface area contributed by atoms with Crippen LogP contribution in [0.2, 0.25) is 0 Å². The summed E-state index contributed by atoms with van der Waals surface area (Å²) in [4.78, 5) is 28.3. The number of benzene rings is 2. The predicted molar refractivity (Wildman–Crippen MR) is 122 cm³/mol. The van der Waals surface area contributed by atoms with Crippen LogP contribution in [0.25, 0.3) is 0 Å². The fourth-order valence-electron chi connectivity index (χ4n) is 4.13. The van der Waals surface area contributed by atoms with Gasteiger partial charge in [-0.1, -0.05) is 12.1 Å². The summed E-state index contributed by atoms with van der Waals surface area (Å²) >= 11 is 0. The Morgan fingerprint density at radius 1 is 1.11 bits per heavy atom. The highest BCUT2D eigenvalue weighted by Crippen LogP contribution is 2.27. The largest absolute Gasteiger partial charge is 0.497 e. The van der Waals surface area contributed by atoms with Gasteiger partial charge >= 0.3 is 18.7 Å². The fourth-order valence-corrected chi connectivity index (χ4v) is 4.13. The van der Waals surface area contributed by atoms with E-state index in [1.807, 2.05) is 0 Å². The van der Waals surface area contributed by atoms with E-state index in [1.54, 1.807) is 53.3 Å². The van der Waals surface area contributed by atoms with E-state index in [9.17, 15) is 18.4 Å². The molecular formula is C24H27F2N3O6. The Kier molecular flexibility index (Phi) is 7.74. The number of carbonyl (C=O) groups is 2. The van der Waals surface area contributed by atoms with Crippen LogP contribution in [-0.4, -0.2) is 74.0 Å².